The van der Waals surface area contributed by atoms with Crippen molar-refractivity contribution in [2.24, 2.45) is 11.8 Å². The Morgan fingerprint density at radius 2 is 0.826 bits per heavy atom. The molecule has 2 heterocycles. The summed E-state index contributed by atoms with van der Waals surface area (Å²) < 4.78 is 23.5. The Labute approximate surface area is 268 Å². The van der Waals surface area contributed by atoms with Crippen LogP contribution in [0.4, 0.5) is 0 Å². The summed E-state index contributed by atoms with van der Waals surface area (Å²) in [4.78, 5) is 49.6. The molecule has 0 radical (unpaired) electrons. The molecule has 46 heavy (non-hydrogen) atoms. The van der Waals surface area contributed by atoms with E-state index in [1.54, 1.807) is 74.0 Å². The van der Waals surface area contributed by atoms with Crippen LogP contribution >= 0.6 is 0 Å². The molecule has 0 aliphatic carbocycles. The summed E-state index contributed by atoms with van der Waals surface area (Å²) in [5.41, 5.74) is 1.56. The van der Waals surface area contributed by atoms with Gasteiger partial charge in [-0.25, -0.2) is 0 Å². The molecule has 0 aliphatic heterocycles. The van der Waals surface area contributed by atoms with Gasteiger partial charge in [-0.2, -0.15) is 10.2 Å². The van der Waals surface area contributed by atoms with Crippen molar-refractivity contribution in [1.82, 2.24) is 19.6 Å². The lowest BCUT2D eigenvalue weighted by molar-refractivity contribution is -0.165. The maximum absolute atomic E-state index is 12.4. The lowest BCUT2D eigenvalue weighted by Gasteiger charge is -2.25. The summed E-state index contributed by atoms with van der Waals surface area (Å²) in [6, 6.07) is 20.7. The van der Waals surface area contributed by atoms with Gasteiger partial charge >= 0.3 is 23.9 Å². The van der Waals surface area contributed by atoms with Crippen LogP contribution in [0.1, 0.15) is 50.9 Å². The predicted molar refractivity (Wildman–Crippen MR) is 167 cm³/mol. The zero-order valence-corrected chi connectivity index (χ0v) is 26.4. The molecule has 0 spiro atoms. The molecule has 12 heteroatoms. The molecule has 0 fully saturated rings. The molecule has 12 nitrogen and oxygen atoms in total. The molecule has 4 aromatic rings. The van der Waals surface area contributed by atoms with E-state index in [9.17, 15) is 19.2 Å². The first kappa shape index (κ1) is 35.2. The van der Waals surface area contributed by atoms with Crippen LogP contribution < -0.4 is 0 Å². The predicted octanol–water partition coefficient (Wildman–Crippen LogP) is 4.43. The normalized spacial score (nSPS) is 12.0. The Balaban J connectivity index is 0.000000250. The van der Waals surface area contributed by atoms with Crippen molar-refractivity contribution in [3.05, 3.63) is 109 Å². The van der Waals surface area contributed by atoms with Crippen LogP contribution in [0.2, 0.25) is 0 Å². The molecule has 0 bridgehead atoms. The van der Waals surface area contributed by atoms with Crippen LogP contribution in [-0.4, -0.2) is 69.9 Å². The van der Waals surface area contributed by atoms with Crippen molar-refractivity contribution >= 4 is 23.9 Å². The number of hydrogen-bond donors (Lipinski definition) is 0. The minimum absolute atomic E-state index is 0.190. The third kappa shape index (κ3) is 9.37. The maximum atomic E-state index is 12.4. The zero-order chi connectivity index (χ0) is 33.3. The third-order valence-corrected chi connectivity index (χ3v) is 6.70. The van der Waals surface area contributed by atoms with Crippen molar-refractivity contribution in [2.75, 3.05) is 26.4 Å². The van der Waals surface area contributed by atoms with Crippen molar-refractivity contribution in [2.45, 2.75) is 39.8 Å². The average Bonchev–Trinajstić information content (AvgIpc) is 3.79. The Morgan fingerprint density at radius 3 is 1.07 bits per heavy atom. The average molecular weight is 633 g/mol. The lowest BCUT2D eigenvalue weighted by Crippen LogP contribution is -2.36. The summed E-state index contributed by atoms with van der Waals surface area (Å²) in [6.45, 7) is 7.56. The maximum Gasteiger partial charge on any atom is 0.322 e. The van der Waals surface area contributed by atoms with Gasteiger partial charge in [0.1, 0.15) is 12.1 Å². The molecule has 2 aromatic heterocycles. The fourth-order valence-corrected chi connectivity index (χ4v) is 4.82. The van der Waals surface area contributed by atoms with Gasteiger partial charge in [-0.05, 0) is 51.0 Å². The van der Waals surface area contributed by atoms with Crippen LogP contribution in [0.5, 0.6) is 0 Å². The van der Waals surface area contributed by atoms with Gasteiger partial charge < -0.3 is 18.9 Å². The number of ether oxygens (including phenoxy) is 4. The molecule has 2 atom stereocenters. The molecule has 0 amide bonds. The quantitative estimate of drug-likeness (QED) is 0.111. The van der Waals surface area contributed by atoms with Gasteiger partial charge in [-0.15, -0.1) is 0 Å². The molecule has 0 aliphatic rings. The number of benzene rings is 2. The van der Waals surface area contributed by atoms with E-state index in [-0.39, 0.29) is 26.4 Å². The highest BCUT2D eigenvalue weighted by molar-refractivity contribution is 5.96. The van der Waals surface area contributed by atoms with Crippen LogP contribution in [-0.2, 0) is 38.1 Å². The standard InChI is InChI=1S/2C17H20N2O4/c2*1-3-22-16(20)14(17(21)23-4-2)15(19-12-8-11-18-19)13-9-6-5-7-10-13/h2*5-12,14-15H,3-4H2,1-2H3/t2*15-/m10/s1. The van der Waals surface area contributed by atoms with Crippen LogP contribution in [0.25, 0.3) is 0 Å². The largest absolute Gasteiger partial charge is 0.465 e. The second-order valence-electron chi connectivity index (χ2n) is 9.65. The number of aromatic nitrogens is 4. The second-order valence-corrected chi connectivity index (χ2v) is 9.65. The van der Waals surface area contributed by atoms with Crippen molar-refractivity contribution in [3.63, 3.8) is 0 Å². The Morgan fingerprint density at radius 1 is 0.522 bits per heavy atom. The molecular formula is C34H40N4O8. The number of esters is 4. The molecule has 0 saturated heterocycles. The van der Waals surface area contributed by atoms with E-state index >= 15 is 0 Å². The highest BCUT2D eigenvalue weighted by Crippen LogP contribution is 2.30. The molecule has 0 unspecified atom stereocenters. The highest BCUT2D eigenvalue weighted by Gasteiger charge is 2.41. The summed E-state index contributed by atoms with van der Waals surface area (Å²) in [5.74, 6) is -4.69. The van der Waals surface area contributed by atoms with Gasteiger partial charge in [-0.1, -0.05) is 60.7 Å². The minimum atomic E-state index is -1.11. The molecule has 0 N–H and O–H groups in total. The summed E-state index contributed by atoms with van der Waals surface area (Å²) >= 11 is 0. The summed E-state index contributed by atoms with van der Waals surface area (Å²) in [6.07, 6.45) is 6.62. The van der Waals surface area contributed by atoms with E-state index in [2.05, 4.69) is 10.2 Å². The number of nitrogens with zero attached hydrogens (tertiary/aromatic N) is 4. The van der Waals surface area contributed by atoms with Gasteiger partial charge in [0.25, 0.3) is 0 Å². The Kier molecular flexibility index (Phi) is 14.2. The topological polar surface area (TPSA) is 141 Å². The van der Waals surface area contributed by atoms with Gasteiger partial charge in [-0.3, -0.25) is 28.5 Å². The number of hydrogen-bond acceptors (Lipinski definition) is 10. The van der Waals surface area contributed by atoms with E-state index in [1.165, 1.54) is 0 Å². The summed E-state index contributed by atoms with van der Waals surface area (Å²) in [7, 11) is 0. The highest BCUT2D eigenvalue weighted by atomic mass is 16.6. The monoisotopic (exact) mass is 632 g/mol. The smallest absolute Gasteiger partial charge is 0.322 e. The Bertz CT molecular complexity index is 1330. The Hall–Kier alpha value is -5.26. The molecule has 2 aromatic carbocycles. The molecule has 4 rings (SSSR count). The number of carbonyl (C=O) groups is 4. The van der Waals surface area contributed by atoms with E-state index < -0.39 is 47.8 Å². The lowest BCUT2D eigenvalue weighted by atomic mass is 9.93. The minimum Gasteiger partial charge on any atom is -0.465 e. The van der Waals surface area contributed by atoms with Gasteiger partial charge in [0.15, 0.2) is 11.8 Å². The second kappa shape index (κ2) is 18.5. The fraction of sp³-hybridized carbons (Fsp3) is 0.353. The van der Waals surface area contributed by atoms with Gasteiger partial charge in [0.2, 0.25) is 0 Å². The number of carbonyl (C=O) groups excluding carboxylic acids is 4. The van der Waals surface area contributed by atoms with Gasteiger partial charge in [0.05, 0.1) is 26.4 Å². The summed E-state index contributed by atoms with van der Waals surface area (Å²) in [5, 5.41) is 8.40. The first-order valence-corrected chi connectivity index (χ1v) is 15.1. The van der Waals surface area contributed by atoms with E-state index in [0.29, 0.717) is 0 Å². The molecule has 244 valence electrons. The van der Waals surface area contributed by atoms with Crippen molar-refractivity contribution in [1.29, 1.82) is 0 Å². The fourth-order valence-electron chi connectivity index (χ4n) is 4.82. The molecular weight excluding hydrogens is 592 g/mol. The third-order valence-electron chi connectivity index (χ3n) is 6.70. The SMILES string of the molecule is CCOC(=O)C(C(=O)OCC)[C@@H](c1ccccc1)n1cccn1.CCOC(=O)C(C(=O)OCC)[C@H](c1ccccc1)n1cccn1. The zero-order valence-electron chi connectivity index (χ0n) is 26.4. The molecule has 0 saturated carbocycles. The number of rotatable bonds is 14. The van der Waals surface area contributed by atoms with Crippen LogP contribution in [0.15, 0.2) is 97.6 Å². The van der Waals surface area contributed by atoms with Gasteiger partial charge in [0, 0.05) is 24.8 Å². The first-order chi connectivity index (χ1) is 22.4. The van der Waals surface area contributed by atoms with Crippen LogP contribution in [0, 0.1) is 11.8 Å². The van der Waals surface area contributed by atoms with Crippen molar-refractivity contribution in [3.8, 4) is 0 Å². The van der Waals surface area contributed by atoms with E-state index in [4.69, 9.17) is 18.9 Å². The van der Waals surface area contributed by atoms with E-state index in [1.807, 2.05) is 60.7 Å². The van der Waals surface area contributed by atoms with Crippen LogP contribution in [0.3, 0.4) is 0 Å². The first-order valence-electron chi connectivity index (χ1n) is 15.1. The van der Waals surface area contributed by atoms with E-state index in [0.717, 1.165) is 11.1 Å². The van der Waals surface area contributed by atoms with Crippen molar-refractivity contribution < 1.29 is 38.1 Å².